The lowest BCUT2D eigenvalue weighted by atomic mass is 9.77. The van der Waals surface area contributed by atoms with E-state index in [-0.39, 0.29) is 0 Å². The average molecular weight is 262 g/mol. The third kappa shape index (κ3) is 4.19. The molecule has 3 heteroatoms. The number of carbonyl (C=O) groups is 1. The maximum absolute atomic E-state index is 12.3. The van der Waals surface area contributed by atoms with Crippen LogP contribution in [0.15, 0.2) is 12.4 Å². The first-order valence-corrected chi connectivity index (χ1v) is 7.69. The number of Topliss-reactive ketones (excluding diaryl/α,β-unsaturated/α-hetero) is 1. The Morgan fingerprint density at radius 1 is 1.37 bits per heavy atom. The van der Waals surface area contributed by atoms with E-state index in [0.717, 1.165) is 24.3 Å². The second-order valence-electron chi connectivity index (χ2n) is 6.03. The fourth-order valence-electron chi connectivity index (χ4n) is 3.17. The minimum atomic E-state index is 0.304. The van der Waals surface area contributed by atoms with Crippen molar-refractivity contribution in [2.75, 3.05) is 0 Å². The molecule has 3 nitrogen and oxygen atoms in total. The molecule has 1 aliphatic rings. The van der Waals surface area contributed by atoms with Crippen LogP contribution in [0.25, 0.3) is 0 Å². The molecule has 1 aliphatic carbocycles. The van der Waals surface area contributed by atoms with Crippen molar-refractivity contribution in [2.45, 2.75) is 58.3 Å². The van der Waals surface area contributed by atoms with E-state index in [1.807, 2.05) is 19.4 Å². The Kier molecular flexibility index (Phi) is 5.17. The Morgan fingerprint density at radius 2 is 2.11 bits per heavy atom. The van der Waals surface area contributed by atoms with Gasteiger partial charge in [-0.2, -0.15) is 5.10 Å². The van der Waals surface area contributed by atoms with Gasteiger partial charge in [0.2, 0.25) is 0 Å². The lowest BCUT2D eigenvalue weighted by Gasteiger charge is -2.27. The van der Waals surface area contributed by atoms with E-state index < -0.39 is 0 Å². The van der Waals surface area contributed by atoms with Crippen LogP contribution in [-0.4, -0.2) is 15.6 Å². The fraction of sp³-hybridized carbons (Fsp3) is 0.750. The molecule has 0 aromatic carbocycles. The number of aromatic nitrogens is 2. The molecule has 0 saturated heterocycles. The molecule has 0 aliphatic heterocycles. The minimum absolute atomic E-state index is 0.304. The van der Waals surface area contributed by atoms with Crippen LogP contribution >= 0.6 is 0 Å². The normalized spacial score (nSPS) is 23.5. The summed E-state index contributed by atoms with van der Waals surface area (Å²) in [5, 5.41) is 4.13. The van der Waals surface area contributed by atoms with Crippen molar-refractivity contribution in [3.05, 3.63) is 18.0 Å². The molecular weight excluding hydrogens is 236 g/mol. The van der Waals surface area contributed by atoms with E-state index in [0.29, 0.717) is 18.1 Å². The molecule has 0 amide bonds. The monoisotopic (exact) mass is 262 g/mol. The highest BCUT2D eigenvalue weighted by Crippen LogP contribution is 2.32. The molecule has 0 N–H and O–H groups in total. The summed E-state index contributed by atoms with van der Waals surface area (Å²) in [4.78, 5) is 12.3. The van der Waals surface area contributed by atoms with Crippen molar-refractivity contribution in [3.8, 4) is 0 Å². The van der Waals surface area contributed by atoms with Crippen LogP contribution in [-0.2, 0) is 18.3 Å². The number of hydrogen-bond acceptors (Lipinski definition) is 2. The maximum atomic E-state index is 12.3. The largest absolute Gasteiger partial charge is 0.299 e. The van der Waals surface area contributed by atoms with Crippen LogP contribution < -0.4 is 0 Å². The van der Waals surface area contributed by atoms with E-state index in [2.05, 4.69) is 12.0 Å². The van der Waals surface area contributed by atoms with Crippen molar-refractivity contribution in [3.63, 3.8) is 0 Å². The first-order chi connectivity index (χ1) is 9.19. The summed E-state index contributed by atoms with van der Waals surface area (Å²) in [5.74, 6) is 1.60. The van der Waals surface area contributed by atoms with E-state index in [9.17, 15) is 4.79 Å². The Hall–Kier alpha value is -1.12. The molecule has 0 radical (unpaired) electrons. The molecule has 106 valence electrons. The zero-order chi connectivity index (χ0) is 13.7. The van der Waals surface area contributed by atoms with Gasteiger partial charge in [0.25, 0.3) is 0 Å². The van der Waals surface area contributed by atoms with Gasteiger partial charge in [0.15, 0.2) is 0 Å². The van der Waals surface area contributed by atoms with Gasteiger partial charge >= 0.3 is 0 Å². The molecule has 19 heavy (non-hydrogen) atoms. The molecule has 2 rings (SSSR count). The molecular formula is C16H26N2O. The average Bonchev–Trinajstić information content (AvgIpc) is 2.82. The molecule has 0 unspecified atom stereocenters. The summed E-state index contributed by atoms with van der Waals surface area (Å²) in [5.41, 5.74) is 1.06. The molecule has 0 spiro atoms. The highest BCUT2D eigenvalue weighted by Gasteiger charge is 2.25. The summed E-state index contributed by atoms with van der Waals surface area (Å²) in [7, 11) is 1.90. The van der Waals surface area contributed by atoms with Gasteiger partial charge in [0.05, 0.1) is 6.20 Å². The van der Waals surface area contributed by atoms with E-state index in [1.165, 1.54) is 32.1 Å². The molecule has 1 fully saturated rings. The third-order valence-corrected chi connectivity index (χ3v) is 4.40. The molecule has 1 saturated carbocycles. The van der Waals surface area contributed by atoms with Gasteiger partial charge in [0, 0.05) is 25.6 Å². The van der Waals surface area contributed by atoms with Gasteiger partial charge in [-0.25, -0.2) is 0 Å². The molecule has 0 bridgehead atoms. The number of nitrogens with zero attached hydrogens (tertiary/aromatic N) is 2. The van der Waals surface area contributed by atoms with Gasteiger partial charge in [0.1, 0.15) is 5.78 Å². The van der Waals surface area contributed by atoms with Crippen molar-refractivity contribution in [1.82, 2.24) is 9.78 Å². The zero-order valence-corrected chi connectivity index (χ0v) is 12.3. The highest BCUT2D eigenvalue weighted by atomic mass is 16.1. The molecule has 1 heterocycles. The van der Waals surface area contributed by atoms with Crippen LogP contribution in [0.4, 0.5) is 0 Å². The van der Waals surface area contributed by atoms with E-state index in [1.54, 1.807) is 4.68 Å². The van der Waals surface area contributed by atoms with Crippen LogP contribution in [0, 0.1) is 11.8 Å². The number of hydrogen-bond donors (Lipinski definition) is 0. The lowest BCUT2D eigenvalue weighted by molar-refractivity contribution is -0.123. The Morgan fingerprint density at radius 3 is 2.68 bits per heavy atom. The number of aryl methyl sites for hydroxylation is 1. The standard InChI is InChI=1S/C16H26N2O/c1-3-4-5-13-6-8-15(9-7-13)16(19)10-14-11-17-18(2)12-14/h11-13,15H,3-10H2,1-2H3. The Bertz CT molecular complexity index is 403. The number of ketones is 1. The van der Waals surface area contributed by atoms with Gasteiger partial charge in [-0.15, -0.1) is 0 Å². The minimum Gasteiger partial charge on any atom is -0.299 e. The van der Waals surface area contributed by atoms with Crippen molar-refractivity contribution < 1.29 is 4.79 Å². The summed E-state index contributed by atoms with van der Waals surface area (Å²) in [6, 6.07) is 0. The topological polar surface area (TPSA) is 34.9 Å². The van der Waals surface area contributed by atoms with Crippen LogP contribution in [0.2, 0.25) is 0 Å². The zero-order valence-electron chi connectivity index (χ0n) is 12.3. The summed E-state index contributed by atoms with van der Waals surface area (Å²) in [6.07, 6.45) is 13.0. The second kappa shape index (κ2) is 6.88. The predicted molar refractivity (Wildman–Crippen MR) is 76.9 cm³/mol. The van der Waals surface area contributed by atoms with Crippen LogP contribution in [0.1, 0.15) is 57.4 Å². The Balaban J connectivity index is 1.76. The third-order valence-electron chi connectivity index (χ3n) is 4.40. The summed E-state index contributed by atoms with van der Waals surface area (Å²) < 4.78 is 1.77. The smallest absolute Gasteiger partial charge is 0.140 e. The fourth-order valence-corrected chi connectivity index (χ4v) is 3.17. The maximum Gasteiger partial charge on any atom is 0.140 e. The van der Waals surface area contributed by atoms with Gasteiger partial charge in [-0.1, -0.05) is 26.2 Å². The van der Waals surface area contributed by atoms with Crippen molar-refractivity contribution in [2.24, 2.45) is 18.9 Å². The lowest BCUT2D eigenvalue weighted by Crippen LogP contribution is -2.23. The van der Waals surface area contributed by atoms with E-state index >= 15 is 0 Å². The molecule has 1 aromatic rings. The van der Waals surface area contributed by atoms with Crippen LogP contribution in [0.3, 0.4) is 0 Å². The first kappa shape index (κ1) is 14.3. The Labute approximate surface area is 116 Å². The molecule has 0 atom stereocenters. The van der Waals surface area contributed by atoms with E-state index in [4.69, 9.17) is 0 Å². The summed E-state index contributed by atoms with van der Waals surface area (Å²) >= 11 is 0. The number of carbonyl (C=O) groups excluding carboxylic acids is 1. The van der Waals surface area contributed by atoms with Gasteiger partial charge < -0.3 is 0 Å². The van der Waals surface area contributed by atoms with Crippen LogP contribution in [0.5, 0.6) is 0 Å². The van der Waals surface area contributed by atoms with Gasteiger partial charge in [-0.3, -0.25) is 9.48 Å². The number of rotatable bonds is 6. The highest BCUT2D eigenvalue weighted by molar-refractivity contribution is 5.83. The van der Waals surface area contributed by atoms with Crippen molar-refractivity contribution >= 4 is 5.78 Å². The SMILES string of the molecule is CCCCC1CCC(C(=O)Cc2cnn(C)c2)CC1. The predicted octanol–water partition coefficient (Wildman–Crippen LogP) is 3.53. The van der Waals surface area contributed by atoms with Gasteiger partial charge in [-0.05, 0) is 37.2 Å². The second-order valence-corrected chi connectivity index (χ2v) is 6.03. The summed E-state index contributed by atoms with van der Waals surface area (Å²) in [6.45, 7) is 2.25. The van der Waals surface area contributed by atoms with Crippen molar-refractivity contribution in [1.29, 1.82) is 0 Å². The number of unbranched alkanes of at least 4 members (excludes halogenated alkanes) is 1. The quantitative estimate of drug-likeness (QED) is 0.786. The molecule has 1 aromatic heterocycles. The first-order valence-electron chi connectivity index (χ1n) is 7.69.